The molecule has 5 N–H and O–H groups in total. The zero-order chi connectivity index (χ0) is 18.4. The summed E-state index contributed by atoms with van der Waals surface area (Å²) < 4.78 is 0. The largest absolute Gasteiger partial charge is 0.374 e. The summed E-state index contributed by atoms with van der Waals surface area (Å²) in [7, 11) is 0. The Morgan fingerprint density at radius 2 is 2.08 bits per heavy atom. The number of carbonyl (C=O) groups is 2. The van der Waals surface area contributed by atoms with Crippen molar-refractivity contribution < 1.29 is 9.59 Å². The molecule has 1 atom stereocenters. The van der Waals surface area contributed by atoms with E-state index in [0.29, 0.717) is 27.9 Å². The molecular weight excluding hydrogens is 340 g/mol. The number of nitrogen functional groups attached to an aromatic ring is 1. The van der Waals surface area contributed by atoms with Gasteiger partial charge in [0.05, 0.1) is 6.04 Å². The molecule has 0 saturated carbocycles. The first-order valence-corrected chi connectivity index (χ1v) is 8.77. The lowest BCUT2D eigenvalue weighted by Gasteiger charge is -2.14. The average Bonchev–Trinajstić information content (AvgIpc) is 3.01. The van der Waals surface area contributed by atoms with Crippen molar-refractivity contribution in [3.05, 3.63) is 34.3 Å². The van der Waals surface area contributed by atoms with Crippen LogP contribution in [-0.4, -0.2) is 28.7 Å². The summed E-state index contributed by atoms with van der Waals surface area (Å²) >= 11 is 1.23. The molecule has 1 heterocycles. The smallest absolute Gasteiger partial charge is 0.319 e. The lowest BCUT2D eigenvalue weighted by molar-refractivity contribution is 0.0953. The van der Waals surface area contributed by atoms with Crippen molar-refractivity contribution in [1.29, 1.82) is 0 Å². The molecule has 0 radical (unpaired) electrons. The quantitative estimate of drug-likeness (QED) is 0.629. The van der Waals surface area contributed by atoms with Crippen molar-refractivity contribution in [2.45, 2.75) is 33.2 Å². The third-order valence-electron chi connectivity index (χ3n) is 3.45. The van der Waals surface area contributed by atoms with Crippen molar-refractivity contribution >= 4 is 34.1 Å². The van der Waals surface area contributed by atoms with E-state index in [1.807, 2.05) is 13.8 Å². The minimum atomic E-state index is -0.368. The molecule has 0 unspecified atom stereocenters. The molecule has 0 saturated heterocycles. The molecule has 0 fully saturated rings. The molecule has 8 nitrogen and oxygen atoms in total. The fourth-order valence-corrected chi connectivity index (χ4v) is 2.74. The maximum Gasteiger partial charge on any atom is 0.319 e. The van der Waals surface area contributed by atoms with Crippen LogP contribution in [-0.2, 0) is 0 Å². The van der Waals surface area contributed by atoms with E-state index in [0.717, 1.165) is 12.0 Å². The van der Waals surface area contributed by atoms with Crippen LogP contribution in [0.2, 0.25) is 0 Å². The van der Waals surface area contributed by atoms with Crippen LogP contribution in [0.25, 0.3) is 0 Å². The highest BCUT2D eigenvalue weighted by Crippen LogP contribution is 2.20. The standard InChI is InChI=1S/C16H22N6O2S/c1-4-7-18-13(23)11-5-6-12(9(2)8-11)20-16(24)19-10(3)14-21-22-15(17)25-14/h5-6,8,10H,4,7H2,1-3H3,(H2,17,22)(H,18,23)(H2,19,20,24)/t10-/m0/s1. The fourth-order valence-electron chi connectivity index (χ4n) is 2.12. The summed E-state index contributed by atoms with van der Waals surface area (Å²) in [5, 5.41) is 17.0. The van der Waals surface area contributed by atoms with Gasteiger partial charge in [-0.05, 0) is 44.0 Å². The number of rotatable bonds is 6. The van der Waals surface area contributed by atoms with E-state index in [4.69, 9.17) is 5.73 Å². The Kier molecular flexibility index (Phi) is 6.29. The van der Waals surface area contributed by atoms with Gasteiger partial charge in [-0.25, -0.2) is 4.79 Å². The second-order valence-corrected chi connectivity index (χ2v) is 6.62. The SMILES string of the molecule is CCCNC(=O)c1ccc(NC(=O)N[C@@H](C)c2nnc(N)s2)c(C)c1. The summed E-state index contributed by atoms with van der Waals surface area (Å²) in [6.07, 6.45) is 0.878. The van der Waals surface area contributed by atoms with Gasteiger partial charge in [-0.3, -0.25) is 4.79 Å². The van der Waals surface area contributed by atoms with Crippen molar-refractivity contribution in [2.75, 3.05) is 17.6 Å². The highest BCUT2D eigenvalue weighted by atomic mass is 32.1. The molecule has 0 aliphatic rings. The lowest BCUT2D eigenvalue weighted by Crippen LogP contribution is -2.31. The van der Waals surface area contributed by atoms with Gasteiger partial charge in [-0.2, -0.15) is 0 Å². The van der Waals surface area contributed by atoms with E-state index >= 15 is 0 Å². The third-order valence-corrected chi connectivity index (χ3v) is 4.38. The number of hydrogen-bond acceptors (Lipinski definition) is 6. The minimum Gasteiger partial charge on any atom is -0.374 e. The molecule has 134 valence electrons. The molecule has 0 spiro atoms. The van der Waals surface area contributed by atoms with Crippen molar-refractivity contribution in [3.8, 4) is 0 Å². The predicted octanol–water partition coefficient (Wildman–Crippen LogP) is 2.45. The molecule has 1 aromatic heterocycles. The Morgan fingerprint density at radius 1 is 1.32 bits per heavy atom. The number of nitrogens with one attached hydrogen (secondary N) is 3. The highest BCUT2D eigenvalue weighted by Gasteiger charge is 2.15. The summed E-state index contributed by atoms with van der Waals surface area (Å²) in [4.78, 5) is 24.1. The number of amides is 3. The average molecular weight is 362 g/mol. The second-order valence-electron chi connectivity index (χ2n) is 5.58. The summed E-state index contributed by atoms with van der Waals surface area (Å²) in [5.74, 6) is -0.122. The van der Waals surface area contributed by atoms with Gasteiger partial charge in [0.25, 0.3) is 5.91 Å². The maximum atomic E-state index is 12.1. The van der Waals surface area contributed by atoms with Gasteiger partial charge in [0.1, 0.15) is 5.01 Å². The Morgan fingerprint density at radius 3 is 2.68 bits per heavy atom. The van der Waals surface area contributed by atoms with Crippen LogP contribution in [0, 0.1) is 6.92 Å². The van der Waals surface area contributed by atoms with Crippen LogP contribution in [0.15, 0.2) is 18.2 Å². The summed E-state index contributed by atoms with van der Waals surface area (Å²) in [5.41, 5.74) is 7.54. The number of aryl methyl sites for hydroxylation is 1. The van der Waals surface area contributed by atoms with E-state index in [-0.39, 0.29) is 18.0 Å². The first-order valence-electron chi connectivity index (χ1n) is 7.96. The molecule has 25 heavy (non-hydrogen) atoms. The third kappa shape index (κ3) is 5.15. The number of benzene rings is 1. The van der Waals surface area contributed by atoms with Gasteiger partial charge in [0.2, 0.25) is 5.13 Å². The normalized spacial score (nSPS) is 11.6. The van der Waals surface area contributed by atoms with E-state index in [1.165, 1.54) is 11.3 Å². The zero-order valence-electron chi connectivity index (χ0n) is 14.4. The van der Waals surface area contributed by atoms with E-state index in [1.54, 1.807) is 25.1 Å². The first-order chi connectivity index (χ1) is 11.9. The molecule has 0 aliphatic carbocycles. The van der Waals surface area contributed by atoms with Crippen molar-refractivity contribution in [3.63, 3.8) is 0 Å². The van der Waals surface area contributed by atoms with E-state index < -0.39 is 0 Å². The van der Waals surface area contributed by atoms with Crippen molar-refractivity contribution in [2.24, 2.45) is 0 Å². The van der Waals surface area contributed by atoms with Crippen LogP contribution in [0.4, 0.5) is 15.6 Å². The molecule has 3 amide bonds. The highest BCUT2D eigenvalue weighted by molar-refractivity contribution is 7.15. The Bertz CT molecular complexity index is 761. The predicted molar refractivity (Wildman–Crippen MR) is 98.7 cm³/mol. The Hall–Kier alpha value is -2.68. The van der Waals surface area contributed by atoms with Gasteiger partial charge >= 0.3 is 6.03 Å². The van der Waals surface area contributed by atoms with Gasteiger partial charge in [0.15, 0.2) is 0 Å². The van der Waals surface area contributed by atoms with Crippen LogP contribution in [0.3, 0.4) is 0 Å². The first kappa shape index (κ1) is 18.7. The Balaban J connectivity index is 1.97. The van der Waals surface area contributed by atoms with E-state index in [9.17, 15) is 9.59 Å². The molecule has 9 heteroatoms. The fraction of sp³-hybridized carbons (Fsp3) is 0.375. The molecule has 1 aromatic carbocycles. The lowest BCUT2D eigenvalue weighted by atomic mass is 10.1. The van der Waals surface area contributed by atoms with Crippen LogP contribution >= 0.6 is 11.3 Å². The Labute approximate surface area is 150 Å². The monoisotopic (exact) mass is 362 g/mol. The maximum absolute atomic E-state index is 12.1. The number of urea groups is 1. The number of nitrogens with two attached hydrogens (primary N) is 1. The molecule has 2 aromatic rings. The number of hydrogen-bond donors (Lipinski definition) is 4. The second kappa shape index (κ2) is 8.43. The minimum absolute atomic E-state index is 0.122. The topological polar surface area (TPSA) is 122 Å². The summed E-state index contributed by atoms with van der Waals surface area (Å²) in [6.45, 7) is 6.26. The van der Waals surface area contributed by atoms with Crippen LogP contribution in [0.1, 0.15) is 47.2 Å². The molecular formula is C16H22N6O2S. The summed E-state index contributed by atoms with van der Waals surface area (Å²) in [6, 6.07) is 4.46. The number of nitrogens with zero attached hydrogens (tertiary/aromatic N) is 2. The van der Waals surface area contributed by atoms with Crippen molar-refractivity contribution in [1.82, 2.24) is 20.8 Å². The zero-order valence-corrected chi connectivity index (χ0v) is 15.2. The molecule has 2 rings (SSSR count). The number of aromatic nitrogens is 2. The van der Waals surface area contributed by atoms with Gasteiger partial charge in [0, 0.05) is 17.8 Å². The van der Waals surface area contributed by atoms with Crippen LogP contribution < -0.4 is 21.7 Å². The van der Waals surface area contributed by atoms with Gasteiger partial charge in [-0.15, -0.1) is 10.2 Å². The molecule has 0 bridgehead atoms. The van der Waals surface area contributed by atoms with Gasteiger partial charge < -0.3 is 21.7 Å². The van der Waals surface area contributed by atoms with Crippen LogP contribution in [0.5, 0.6) is 0 Å². The van der Waals surface area contributed by atoms with Gasteiger partial charge in [-0.1, -0.05) is 18.3 Å². The number of carbonyl (C=O) groups excluding carboxylic acids is 2. The number of anilines is 2. The molecule has 0 aliphatic heterocycles. The van der Waals surface area contributed by atoms with E-state index in [2.05, 4.69) is 26.1 Å².